The van der Waals surface area contributed by atoms with Gasteiger partial charge in [-0.2, -0.15) is 0 Å². The van der Waals surface area contributed by atoms with Crippen molar-refractivity contribution in [2.45, 2.75) is 18.2 Å². The Bertz CT molecular complexity index is 681. The summed E-state index contributed by atoms with van der Waals surface area (Å²) in [4.78, 5) is 0.277. The number of nitrogens with one attached hydrogen (secondary N) is 1. The highest BCUT2D eigenvalue weighted by atomic mass is 79.9. The predicted molar refractivity (Wildman–Crippen MR) is 85.9 cm³/mol. The number of alkyl halides is 1. The zero-order valence-corrected chi connectivity index (χ0v) is 13.5. The highest BCUT2D eigenvalue weighted by molar-refractivity contribution is 9.09. The van der Waals surface area contributed by atoms with Gasteiger partial charge in [0.15, 0.2) is 0 Å². The van der Waals surface area contributed by atoms with Crippen LogP contribution in [0.1, 0.15) is 11.1 Å². The fraction of sp³-hybridized carbons (Fsp3) is 0.200. The Morgan fingerprint density at radius 3 is 2.30 bits per heavy atom. The quantitative estimate of drug-likeness (QED) is 0.832. The predicted octanol–water partition coefficient (Wildman–Crippen LogP) is 3.73. The Kier molecular flexibility index (Phi) is 4.83. The summed E-state index contributed by atoms with van der Waals surface area (Å²) in [5.74, 6) is 0. The van der Waals surface area contributed by atoms with Gasteiger partial charge in [-0.3, -0.25) is 4.72 Å². The topological polar surface area (TPSA) is 46.2 Å². The van der Waals surface area contributed by atoms with Gasteiger partial charge in [0.25, 0.3) is 10.0 Å². The van der Waals surface area contributed by atoms with Gasteiger partial charge >= 0.3 is 0 Å². The minimum Gasteiger partial charge on any atom is -0.279 e. The van der Waals surface area contributed by atoms with Crippen molar-refractivity contribution < 1.29 is 8.42 Å². The molecule has 1 N–H and O–H groups in total. The fourth-order valence-electron chi connectivity index (χ4n) is 1.84. The molecule has 106 valence electrons. The van der Waals surface area contributed by atoms with Crippen LogP contribution in [0.4, 0.5) is 5.69 Å². The molecule has 0 heterocycles. The highest BCUT2D eigenvalue weighted by Crippen LogP contribution is 2.19. The Balaban J connectivity index is 2.24. The number of hydrogen-bond donors (Lipinski definition) is 1. The summed E-state index contributed by atoms with van der Waals surface area (Å²) in [6.07, 6.45) is 0.881. The molecule has 0 spiro atoms. The second-order valence-corrected chi connectivity index (χ2v) is 6.98. The molecule has 2 rings (SSSR count). The van der Waals surface area contributed by atoms with Gasteiger partial charge < -0.3 is 0 Å². The monoisotopic (exact) mass is 353 g/mol. The molecule has 0 fully saturated rings. The number of sulfonamides is 1. The first-order chi connectivity index (χ1) is 9.53. The molecule has 2 aromatic carbocycles. The minimum atomic E-state index is -3.53. The van der Waals surface area contributed by atoms with Crippen molar-refractivity contribution in [2.75, 3.05) is 10.1 Å². The van der Waals surface area contributed by atoms with Crippen molar-refractivity contribution in [2.24, 2.45) is 0 Å². The molecule has 0 aliphatic rings. The van der Waals surface area contributed by atoms with Crippen LogP contribution in [0, 0.1) is 6.92 Å². The van der Waals surface area contributed by atoms with Crippen molar-refractivity contribution in [3.05, 3.63) is 59.7 Å². The van der Waals surface area contributed by atoms with Crippen LogP contribution in [-0.2, 0) is 16.4 Å². The van der Waals surface area contributed by atoms with E-state index in [4.69, 9.17) is 0 Å². The molecule has 5 heteroatoms. The van der Waals surface area contributed by atoms with Gasteiger partial charge in [-0.05, 0) is 42.7 Å². The maximum absolute atomic E-state index is 12.3. The Morgan fingerprint density at radius 1 is 1.05 bits per heavy atom. The normalized spacial score (nSPS) is 11.3. The van der Waals surface area contributed by atoms with Crippen LogP contribution in [0.25, 0.3) is 0 Å². The molecule has 2 aromatic rings. The molecular formula is C15H16BrNO2S. The fourth-order valence-corrected chi connectivity index (χ4v) is 3.42. The molecule has 3 nitrogen and oxygen atoms in total. The minimum absolute atomic E-state index is 0.277. The molecule has 0 amide bonds. The molecule has 0 bridgehead atoms. The maximum atomic E-state index is 12.3. The van der Waals surface area contributed by atoms with E-state index < -0.39 is 10.0 Å². The largest absolute Gasteiger partial charge is 0.279 e. The summed E-state index contributed by atoms with van der Waals surface area (Å²) in [5.41, 5.74) is 2.61. The first kappa shape index (κ1) is 15.1. The van der Waals surface area contributed by atoms with Gasteiger partial charge in [0.2, 0.25) is 0 Å². The Morgan fingerprint density at radius 2 is 1.70 bits per heavy atom. The van der Waals surface area contributed by atoms with E-state index in [1.807, 2.05) is 37.3 Å². The molecule has 0 saturated carbocycles. The summed E-state index contributed by atoms with van der Waals surface area (Å²) >= 11 is 3.37. The van der Waals surface area contributed by atoms with E-state index in [1.54, 1.807) is 18.2 Å². The summed E-state index contributed by atoms with van der Waals surface area (Å²) in [6.45, 7) is 1.87. The van der Waals surface area contributed by atoms with Gasteiger partial charge in [0.05, 0.1) is 10.6 Å². The molecule has 20 heavy (non-hydrogen) atoms. The van der Waals surface area contributed by atoms with E-state index in [1.165, 1.54) is 0 Å². The van der Waals surface area contributed by atoms with Crippen LogP contribution in [0.5, 0.6) is 0 Å². The molecule has 0 atom stereocenters. The molecule has 0 aliphatic carbocycles. The van der Waals surface area contributed by atoms with Crippen LogP contribution in [-0.4, -0.2) is 13.7 Å². The zero-order valence-electron chi connectivity index (χ0n) is 11.1. The molecule has 0 saturated heterocycles. The Hall–Kier alpha value is -1.33. The Labute approximate surface area is 128 Å². The van der Waals surface area contributed by atoms with E-state index in [9.17, 15) is 8.42 Å². The van der Waals surface area contributed by atoms with E-state index >= 15 is 0 Å². The summed E-state index contributed by atoms with van der Waals surface area (Å²) in [6, 6.07) is 14.3. The lowest BCUT2D eigenvalue weighted by atomic mass is 10.2. The molecule has 0 aliphatic heterocycles. The lowest BCUT2D eigenvalue weighted by Gasteiger charge is -2.10. The number of benzene rings is 2. The van der Waals surface area contributed by atoms with Gasteiger partial charge in [-0.25, -0.2) is 8.42 Å². The average Bonchev–Trinajstić information content (AvgIpc) is 2.42. The van der Waals surface area contributed by atoms with Crippen molar-refractivity contribution in [3.63, 3.8) is 0 Å². The third-order valence-electron chi connectivity index (χ3n) is 3.01. The number of para-hydroxylation sites is 1. The highest BCUT2D eigenvalue weighted by Gasteiger charge is 2.14. The number of rotatable bonds is 5. The lowest BCUT2D eigenvalue weighted by Crippen LogP contribution is -2.13. The van der Waals surface area contributed by atoms with E-state index in [0.717, 1.165) is 22.9 Å². The number of hydrogen-bond acceptors (Lipinski definition) is 2. The first-order valence-electron chi connectivity index (χ1n) is 6.26. The molecular weight excluding hydrogens is 338 g/mol. The SMILES string of the molecule is Cc1ccccc1NS(=O)(=O)c1ccc(CCBr)cc1. The van der Waals surface area contributed by atoms with Crippen LogP contribution in [0.15, 0.2) is 53.4 Å². The van der Waals surface area contributed by atoms with Crippen LogP contribution >= 0.6 is 15.9 Å². The molecule has 0 unspecified atom stereocenters. The van der Waals surface area contributed by atoms with Crippen molar-refractivity contribution in [3.8, 4) is 0 Å². The van der Waals surface area contributed by atoms with Crippen molar-refractivity contribution in [1.29, 1.82) is 0 Å². The molecule has 0 aromatic heterocycles. The van der Waals surface area contributed by atoms with E-state index in [2.05, 4.69) is 20.7 Å². The van der Waals surface area contributed by atoms with Crippen LogP contribution < -0.4 is 4.72 Å². The standard InChI is InChI=1S/C15H16BrNO2S/c1-12-4-2-3-5-15(12)17-20(18,19)14-8-6-13(7-9-14)10-11-16/h2-9,17H,10-11H2,1H3. The zero-order chi connectivity index (χ0) is 14.6. The number of anilines is 1. The third-order valence-corrected chi connectivity index (χ3v) is 4.78. The lowest BCUT2D eigenvalue weighted by molar-refractivity contribution is 0.601. The van der Waals surface area contributed by atoms with E-state index in [-0.39, 0.29) is 4.90 Å². The second kappa shape index (κ2) is 6.41. The van der Waals surface area contributed by atoms with Gasteiger partial charge in [0, 0.05) is 5.33 Å². The van der Waals surface area contributed by atoms with E-state index in [0.29, 0.717) is 5.69 Å². The molecule has 0 radical (unpaired) electrons. The average molecular weight is 354 g/mol. The maximum Gasteiger partial charge on any atom is 0.261 e. The van der Waals surface area contributed by atoms with Gasteiger partial charge in [-0.15, -0.1) is 0 Å². The van der Waals surface area contributed by atoms with Crippen LogP contribution in [0.2, 0.25) is 0 Å². The van der Waals surface area contributed by atoms with Gasteiger partial charge in [-0.1, -0.05) is 46.3 Å². The van der Waals surface area contributed by atoms with Crippen molar-refractivity contribution in [1.82, 2.24) is 0 Å². The van der Waals surface area contributed by atoms with Crippen molar-refractivity contribution >= 4 is 31.6 Å². The summed E-state index contributed by atoms with van der Waals surface area (Å²) in [7, 11) is -3.53. The summed E-state index contributed by atoms with van der Waals surface area (Å²) in [5, 5.41) is 0.862. The number of halogens is 1. The second-order valence-electron chi connectivity index (χ2n) is 4.50. The smallest absolute Gasteiger partial charge is 0.261 e. The third kappa shape index (κ3) is 3.61. The summed E-state index contributed by atoms with van der Waals surface area (Å²) < 4.78 is 27.2. The van der Waals surface area contributed by atoms with Gasteiger partial charge in [0.1, 0.15) is 0 Å². The first-order valence-corrected chi connectivity index (χ1v) is 8.87. The van der Waals surface area contributed by atoms with Crippen LogP contribution in [0.3, 0.4) is 0 Å². The number of aryl methyl sites for hydroxylation is 2.